The lowest BCUT2D eigenvalue weighted by Crippen LogP contribution is -2.32. The van der Waals surface area contributed by atoms with E-state index >= 15 is 0 Å². The van der Waals surface area contributed by atoms with Crippen molar-refractivity contribution in [1.82, 2.24) is 19.7 Å². The Labute approximate surface area is 209 Å². The van der Waals surface area contributed by atoms with Gasteiger partial charge in [-0.2, -0.15) is 13.9 Å². The maximum absolute atomic E-state index is 13.0. The van der Waals surface area contributed by atoms with E-state index in [2.05, 4.69) is 29.9 Å². The lowest BCUT2D eigenvalue weighted by atomic mass is 10.1. The van der Waals surface area contributed by atoms with Crippen LogP contribution in [0, 0.1) is 0 Å². The van der Waals surface area contributed by atoms with Crippen molar-refractivity contribution in [2.24, 2.45) is 11.5 Å². The number of hydrogen-bond acceptors (Lipinski definition) is 9. The summed E-state index contributed by atoms with van der Waals surface area (Å²) in [6.45, 7) is -2.99. The molecule has 1 amide bonds. The number of hydrogen-bond donors (Lipinski definition) is 3. The van der Waals surface area contributed by atoms with Crippen LogP contribution in [0.15, 0.2) is 49.1 Å². The minimum atomic E-state index is -3.12. The van der Waals surface area contributed by atoms with Crippen LogP contribution in [0.25, 0.3) is 16.8 Å². The van der Waals surface area contributed by atoms with Gasteiger partial charge in [-0.3, -0.25) is 14.3 Å². The molecule has 0 aliphatic carbocycles. The van der Waals surface area contributed by atoms with E-state index in [4.69, 9.17) is 23.1 Å². The minimum absolute atomic E-state index is 0.0443. The summed E-state index contributed by atoms with van der Waals surface area (Å²) in [6.07, 6.45) is 5.49. The second kappa shape index (κ2) is 12.0. The molecule has 1 atom stereocenters. The SMILES string of the molecule is COC(=O)[C@@H](N)CCn1cc(NC(=O)C(=CN)c2ncccn2)c(-c2cc(Cl)ccc2OC(F)F)n1. The van der Waals surface area contributed by atoms with Crippen LogP contribution in [0.3, 0.4) is 0 Å². The number of carbonyl (C=O) groups is 2. The predicted molar refractivity (Wildman–Crippen MR) is 127 cm³/mol. The van der Waals surface area contributed by atoms with Crippen molar-refractivity contribution in [3.63, 3.8) is 0 Å². The van der Waals surface area contributed by atoms with E-state index in [1.165, 1.54) is 48.6 Å². The molecule has 0 saturated carbocycles. The average Bonchev–Trinajstić information content (AvgIpc) is 3.26. The first kappa shape index (κ1) is 26.5. The zero-order valence-electron chi connectivity index (χ0n) is 18.9. The van der Waals surface area contributed by atoms with E-state index in [9.17, 15) is 18.4 Å². The molecule has 2 heterocycles. The van der Waals surface area contributed by atoms with Gasteiger partial charge in [0, 0.05) is 41.9 Å². The molecule has 11 nitrogen and oxygen atoms in total. The number of ether oxygens (including phenoxy) is 2. The number of aryl methyl sites for hydroxylation is 1. The van der Waals surface area contributed by atoms with Gasteiger partial charge < -0.3 is 26.3 Å². The van der Waals surface area contributed by atoms with Crippen LogP contribution in [0.4, 0.5) is 14.5 Å². The summed E-state index contributed by atoms with van der Waals surface area (Å²) in [5.41, 5.74) is 11.6. The normalized spacial score (nSPS) is 12.3. The van der Waals surface area contributed by atoms with Crippen LogP contribution < -0.4 is 21.5 Å². The van der Waals surface area contributed by atoms with E-state index < -0.39 is 24.5 Å². The fourth-order valence-corrected chi connectivity index (χ4v) is 3.30. The Morgan fingerprint density at radius 3 is 2.64 bits per heavy atom. The molecule has 14 heteroatoms. The molecular formula is C22H22ClF2N7O4. The van der Waals surface area contributed by atoms with Crippen LogP contribution in [-0.2, 0) is 20.9 Å². The summed E-state index contributed by atoms with van der Waals surface area (Å²) in [6, 6.07) is 4.63. The van der Waals surface area contributed by atoms with Gasteiger partial charge in [-0.05, 0) is 30.7 Å². The molecule has 2 aromatic heterocycles. The van der Waals surface area contributed by atoms with E-state index in [0.717, 1.165) is 6.20 Å². The smallest absolute Gasteiger partial charge is 0.387 e. The number of nitrogens with one attached hydrogen (secondary N) is 1. The van der Waals surface area contributed by atoms with Gasteiger partial charge >= 0.3 is 12.6 Å². The predicted octanol–water partition coefficient (Wildman–Crippen LogP) is 2.42. The third-order valence-corrected chi connectivity index (χ3v) is 5.05. The van der Waals surface area contributed by atoms with Crippen LogP contribution in [-0.4, -0.2) is 51.4 Å². The number of methoxy groups -OCH3 is 1. The fourth-order valence-electron chi connectivity index (χ4n) is 3.13. The molecule has 36 heavy (non-hydrogen) atoms. The van der Waals surface area contributed by atoms with E-state index in [1.54, 1.807) is 6.07 Å². The lowest BCUT2D eigenvalue weighted by molar-refractivity contribution is -0.142. The molecule has 5 N–H and O–H groups in total. The van der Waals surface area contributed by atoms with Crippen molar-refractivity contribution in [3.8, 4) is 17.0 Å². The monoisotopic (exact) mass is 521 g/mol. The number of anilines is 1. The standard InChI is InChI=1S/C22H22ClF2N7O4/c1-35-21(34)15(27)5-8-32-11-16(30-20(33)14(10-26)19-28-6-2-7-29-19)18(31-32)13-9-12(23)3-4-17(13)36-22(24)25/h2-4,6-7,9-11,15,22H,5,8,26-27H2,1H3,(H,30,33)/t15-/m0/s1. The van der Waals surface area contributed by atoms with E-state index in [1.807, 2.05) is 0 Å². The first-order valence-electron chi connectivity index (χ1n) is 10.4. The van der Waals surface area contributed by atoms with Gasteiger partial charge in [0.15, 0.2) is 5.82 Å². The summed E-state index contributed by atoms with van der Waals surface area (Å²) >= 11 is 6.10. The van der Waals surface area contributed by atoms with E-state index in [-0.39, 0.29) is 52.1 Å². The molecule has 190 valence electrons. The third kappa shape index (κ3) is 6.52. The first-order valence-corrected chi connectivity index (χ1v) is 10.8. The Kier molecular flexibility index (Phi) is 8.86. The Hall–Kier alpha value is -4.10. The number of aromatic nitrogens is 4. The highest BCUT2D eigenvalue weighted by Gasteiger charge is 2.23. The van der Waals surface area contributed by atoms with Gasteiger partial charge in [0.05, 0.1) is 18.4 Å². The quantitative estimate of drug-likeness (QED) is 0.269. The van der Waals surface area contributed by atoms with E-state index in [0.29, 0.717) is 0 Å². The number of rotatable bonds is 10. The van der Waals surface area contributed by atoms with Crippen LogP contribution in [0.5, 0.6) is 5.75 Å². The highest BCUT2D eigenvalue weighted by molar-refractivity contribution is 6.31. The van der Waals surface area contributed by atoms with Gasteiger partial charge in [0.2, 0.25) is 0 Å². The lowest BCUT2D eigenvalue weighted by Gasteiger charge is -2.12. The fraction of sp³-hybridized carbons (Fsp3) is 0.227. The van der Waals surface area contributed by atoms with Gasteiger partial charge in [0.1, 0.15) is 17.5 Å². The Morgan fingerprint density at radius 1 is 1.28 bits per heavy atom. The van der Waals surface area contributed by atoms with Gasteiger partial charge in [-0.25, -0.2) is 9.97 Å². The summed E-state index contributed by atoms with van der Waals surface area (Å²) < 4.78 is 36.7. The molecule has 0 unspecified atom stereocenters. The topological polar surface area (TPSA) is 160 Å². The number of halogens is 3. The molecule has 0 bridgehead atoms. The molecule has 1 aromatic carbocycles. The molecule has 0 radical (unpaired) electrons. The Bertz CT molecular complexity index is 1250. The number of amides is 1. The summed E-state index contributed by atoms with van der Waals surface area (Å²) in [5.74, 6) is -1.45. The molecule has 0 fully saturated rings. The van der Waals surface area contributed by atoms with Crippen LogP contribution in [0.2, 0.25) is 5.02 Å². The zero-order chi connectivity index (χ0) is 26.2. The van der Waals surface area contributed by atoms with Crippen molar-refractivity contribution >= 4 is 34.7 Å². The largest absolute Gasteiger partial charge is 0.468 e. The number of nitrogens with zero attached hydrogens (tertiary/aromatic N) is 4. The maximum atomic E-state index is 13.0. The minimum Gasteiger partial charge on any atom is -0.468 e. The van der Waals surface area contributed by atoms with Gasteiger partial charge in [-0.15, -0.1) is 0 Å². The van der Waals surface area contributed by atoms with Crippen molar-refractivity contribution in [1.29, 1.82) is 0 Å². The molecule has 0 aliphatic rings. The molecule has 0 saturated heterocycles. The Morgan fingerprint density at radius 2 is 2.00 bits per heavy atom. The maximum Gasteiger partial charge on any atom is 0.387 e. The number of benzene rings is 1. The van der Waals surface area contributed by atoms with Gasteiger partial charge in [0.25, 0.3) is 5.91 Å². The number of nitrogens with two attached hydrogens (primary N) is 2. The molecule has 0 spiro atoms. The summed E-state index contributed by atoms with van der Waals surface area (Å²) in [4.78, 5) is 32.7. The van der Waals surface area contributed by atoms with Crippen molar-refractivity contribution in [3.05, 3.63) is 59.9 Å². The summed E-state index contributed by atoms with van der Waals surface area (Å²) in [7, 11) is 1.21. The number of esters is 1. The summed E-state index contributed by atoms with van der Waals surface area (Å²) in [5, 5.41) is 7.24. The highest BCUT2D eigenvalue weighted by Crippen LogP contribution is 2.37. The van der Waals surface area contributed by atoms with Crippen molar-refractivity contribution in [2.45, 2.75) is 25.6 Å². The second-order valence-electron chi connectivity index (χ2n) is 7.20. The first-order chi connectivity index (χ1) is 17.2. The highest BCUT2D eigenvalue weighted by atomic mass is 35.5. The van der Waals surface area contributed by atoms with Crippen molar-refractivity contribution < 1.29 is 27.8 Å². The van der Waals surface area contributed by atoms with Gasteiger partial charge in [-0.1, -0.05) is 11.6 Å². The molecular weight excluding hydrogens is 500 g/mol. The van der Waals surface area contributed by atoms with Crippen LogP contribution >= 0.6 is 11.6 Å². The zero-order valence-corrected chi connectivity index (χ0v) is 19.7. The number of carbonyl (C=O) groups excluding carboxylic acids is 2. The molecule has 3 aromatic rings. The number of alkyl halides is 2. The second-order valence-corrected chi connectivity index (χ2v) is 7.64. The third-order valence-electron chi connectivity index (χ3n) is 4.81. The molecule has 0 aliphatic heterocycles. The Balaban J connectivity index is 2.01. The van der Waals surface area contributed by atoms with Crippen LogP contribution in [0.1, 0.15) is 12.2 Å². The molecule has 3 rings (SSSR count). The average molecular weight is 522 g/mol. The van der Waals surface area contributed by atoms with Crippen molar-refractivity contribution in [2.75, 3.05) is 12.4 Å².